The lowest BCUT2D eigenvalue weighted by Gasteiger charge is -2.25. The average Bonchev–Trinajstić information content (AvgIpc) is 2.15. The Kier molecular flexibility index (Phi) is 3.49. The summed E-state index contributed by atoms with van der Waals surface area (Å²) in [5.74, 6) is -0.691. The fraction of sp³-hybridized carbons (Fsp3) is 0.556. The van der Waals surface area contributed by atoms with E-state index in [-0.39, 0.29) is 5.91 Å². The van der Waals surface area contributed by atoms with Crippen molar-refractivity contribution in [1.82, 2.24) is 4.90 Å². The Balaban J connectivity index is 2.41. The van der Waals surface area contributed by atoms with Crippen molar-refractivity contribution in [3.8, 4) is 0 Å². The van der Waals surface area contributed by atoms with Crippen molar-refractivity contribution in [1.29, 1.82) is 0 Å². The molecule has 1 aliphatic rings. The molecule has 1 fully saturated rings. The van der Waals surface area contributed by atoms with Gasteiger partial charge in [0, 0.05) is 25.2 Å². The molecule has 4 nitrogen and oxygen atoms in total. The minimum Gasteiger partial charge on any atom is -0.366 e. The van der Waals surface area contributed by atoms with E-state index in [2.05, 4.69) is 0 Å². The molecular weight excluding hydrogens is 168 g/mol. The van der Waals surface area contributed by atoms with Gasteiger partial charge in [0.15, 0.2) is 0 Å². The van der Waals surface area contributed by atoms with E-state index in [0.717, 1.165) is 32.0 Å². The number of piperidine rings is 1. The van der Waals surface area contributed by atoms with Crippen LogP contribution in [0.25, 0.3) is 0 Å². The van der Waals surface area contributed by atoms with Gasteiger partial charge in [-0.2, -0.15) is 0 Å². The Labute approximate surface area is 77.4 Å². The van der Waals surface area contributed by atoms with Crippen LogP contribution in [0.5, 0.6) is 0 Å². The number of amides is 2. The Hall–Kier alpha value is -1.32. The van der Waals surface area contributed by atoms with Crippen LogP contribution >= 0.6 is 0 Å². The second-order valence-corrected chi connectivity index (χ2v) is 3.12. The van der Waals surface area contributed by atoms with Crippen LogP contribution < -0.4 is 5.73 Å². The summed E-state index contributed by atoms with van der Waals surface area (Å²) in [6.07, 6.45) is 5.64. The van der Waals surface area contributed by atoms with Gasteiger partial charge in [0.2, 0.25) is 11.8 Å². The van der Waals surface area contributed by atoms with Crippen LogP contribution in [0.2, 0.25) is 0 Å². The number of nitrogens with zero attached hydrogens (tertiary/aromatic N) is 1. The predicted molar refractivity (Wildman–Crippen MR) is 48.8 cm³/mol. The fourth-order valence-corrected chi connectivity index (χ4v) is 1.37. The highest BCUT2D eigenvalue weighted by Crippen LogP contribution is 2.08. The first-order chi connectivity index (χ1) is 6.20. The minimum absolute atomic E-state index is 0.112. The highest BCUT2D eigenvalue weighted by molar-refractivity contribution is 5.95. The summed E-state index contributed by atoms with van der Waals surface area (Å²) in [7, 11) is 0. The number of likely N-dealkylation sites (tertiary alicyclic amines) is 1. The SMILES string of the molecule is NC(=O)/C=C/C(=O)N1CCCCC1. The van der Waals surface area contributed by atoms with Crippen LogP contribution in [0, 0.1) is 0 Å². The zero-order valence-corrected chi connectivity index (χ0v) is 7.53. The summed E-state index contributed by atoms with van der Waals surface area (Å²) >= 11 is 0. The molecule has 1 aliphatic heterocycles. The second kappa shape index (κ2) is 4.64. The van der Waals surface area contributed by atoms with Crippen molar-refractivity contribution in [3.05, 3.63) is 12.2 Å². The molecule has 0 aromatic carbocycles. The van der Waals surface area contributed by atoms with E-state index >= 15 is 0 Å². The maximum absolute atomic E-state index is 11.3. The van der Waals surface area contributed by atoms with Crippen molar-refractivity contribution in [3.63, 3.8) is 0 Å². The molecule has 0 radical (unpaired) electrons. The van der Waals surface area contributed by atoms with E-state index in [4.69, 9.17) is 5.73 Å². The predicted octanol–water partition coefficient (Wildman–Crippen LogP) is 0.0404. The lowest BCUT2D eigenvalue weighted by molar-refractivity contribution is -0.127. The summed E-state index contributed by atoms with van der Waals surface area (Å²) in [6, 6.07) is 0. The highest BCUT2D eigenvalue weighted by Gasteiger charge is 2.13. The maximum Gasteiger partial charge on any atom is 0.246 e. The summed E-state index contributed by atoms with van der Waals surface area (Å²) in [5.41, 5.74) is 4.87. The van der Waals surface area contributed by atoms with Gasteiger partial charge in [-0.05, 0) is 19.3 Å². The van der Waals surface area contributed by atoms with Gasteiger partial charge in [0.05, 0.1) is 0 Å². The van der Waals surface area contributed by atoms with Crippen molar-refractivity contribution in [2.75, 3.05) is 13.1 Å². The third-order valence-electron chi connectivity index (χ3n) is 2.06. The fourth-order valence-electron chi connectivity index (χ4n) is 1.37. The van der Waals surface area contributed by atoms with Crippen LogP contribution in [-0.4, -0.2) is 29.8 Å². The van der Waals surface area contributed by atoms with E-state index in [1.807, 2.05) is 0 Å². The largest absolute Gasteiger partial charge is 0.366 e. The first kappa shape index (κ1) is 9.77. The summed E-state index contributed by atoms with van der Waals surface area (Å²) in [5, 5.41) is 0. The van der Waals surface area contributed by atoms with Crippen molar-refractivity contribution >= 4 is 11.8 Å². The van der Waals surface area contributed by atoms with Gasteiger partial charge in [-0.1, -0.05) is 0 Å². The summed E-state index contributed by atoms with van der Waals surface area (Å²) in [6.45, 7) is 1.59. The number of hydrogen-bond donors (Lipinski definition) is 1. The molecule has 0 atom stereocenters. The maximum atomic E-state index is 11.3. The molecule has 0 bridgehead atoms. The van der Waals surface area contributed by atoms with Gasteiger partial charge < -0.3 is 10.6 Å². The summed E-state index contributed by atoms with van der Waals surface area (Å²) < 4.78 is 0. The molecule has 1 saturated heterocycles. The number of primary amides is 1. The van der Waals surface area contributed by atoms with Gasteiger partial charge in [0.25, 0.3) is 0 Å². The topological polar surface area (TPSA) is 63.4 Å². The molecule has 2 amide bonds. The molecule has 0 spiro atoms. The Morgan fingerprint density at radius 2 is 1.69 bits per heavy atom. The average molecular weight is 182 g/mol. The Morgan fingerprint density at radius 3 is 2.23 bits per heavy atom. The van der Waals surface area contributed by atoms with Crippen molar-refractivity contribution in [2.24, 2.45) is 5.73 Å². The standard InChI is InChI=1S/C9H14N2O2/c10-8(12)4-5-9(13)11-6-2-1-3-7-11/h4-5H,1-3,6-7H2,(H2,10,12)/b5-4+. The first-order valence-corrected chi connectivity index (χ1v) is 4.46. The first-order valence-electron chi connectivity index (χ1n) is 4.46. The number of carbonyl (C=O) groups is 2. The number of rotatable bonds is 2. The third-order valence-corrected chi connectivity index (χ3v) is 2.06. The zero-order chi connectivity index (χ0) is 9.68. The molecule has 0 aliphatic carbocycles. The molecule has 0 aromatic heterocycles. The van der Waals surface area contributed by atoms with Gasteiger partial charge in [-0.25, -0.2) is 0 Å². The van der Waals surface area contributed by atoms with Gasteiger partial charge in [-0.15, -0.1) is 0 Å². The molecule has 13 heavy (non-hydrogen) atoms. The molecule has 1 rings (SSSR count). The van der Waals surface area contributed by atoms with Crippen LogP contribution in [-0.2, 0) is 9.59 Å². The Morgan fingerprint density at radius 1 is 1.08 bits per heavy atom. The van der Waals surface area contributed by atoms with E-state index in [0.29, 0.717) is 0 Å². The van der Waals surface area contributed by atoms with E-state index in [1.165, 1.54) is 12.5 Å². The molecule has 1 heterocycles. The van der Waals surface area contributed by atoms with Gasteiger partial charge in [-0.3, -0.25) is 9.59 Å². The molecule has 0 saturated carbocycles. The van der Waals surface area contributed by atoms with Gasteiger partial charge >= 0.3 is 0 Å². The van der Waals surface area contributed by atoms with Crippen molar-refractivity contribution < 1.29 is 9.59 Å². The molecular formula is C9H14N2O2. The van der Waals surface area contributed by atoms with Crippen molar-refractivity contribution in [2.45, 2.75) is 19.3 Å². The zero-order valence-electron chi connectivity index (χ0n) is 7.53. The normalized spacial score (nSPS) is 17.7. The van der Waals surface area contributed by atoms with Crippen LogP contribution in [0.1, 0.15) is 19.3 Å². The number of carbonyl (C=O) groups excluding carboxylic acids is 2. The Bertz CT molecular complexity index is 230. The quantitative estimate of drug-likeness (QED) is 0.613. The molecule has 2 N–H and O–H groups in total. The van der Waals surface area contributed by atoms with Gasteiger partial charge in [0.1, 0.15) is 0 Å². The number of nitrogens with two attached hydrogens (primary N) is 1. The smallest absolute Gasteiger partial charge is 0.246 e. The monoisotopic (exact) mass is 182 g/mol. The van der Waals surface area contributed by atoms with E-state index in [9.17, 15) is 9.59 Å². The number of hydrogen-bond acceptors (Lipinski definition) is 2. The molecule has 4 heteroatoms. The van der Waals surface area contributed by atoms with Crippen LogP contribution in [0.4, 0.5) is 0 Å². The minimum atomic E-state index is -0.578. The lowest BCUT2D eigenvalue weighted by atomic mass is 10.1. The highest BCUT2D eigenvalue weighted by atomic mass is 16.2. The third kappa shape index (κ3) is 3.27. The lowest BCUT2D eigenvalue weighted by Crippen LogP contribution is -2.34. The molecule has 0 unspecified atom stereocenters. The van der Waals surface area contributed by atoms with Crippen LogP contribution in [0.15, 0.2) is 12.2 Å². The van der Waals surface area contributed by atoms with Crippen LogP contribution in [0.3, 0.4) is 0 Å². The second-order valence-electron chi connectivity index (χ2n) is 3.12. The van der Waals surface area contributed by atoms with E-state index < -0.39 is 5.91 Å². The summed E-state index contributed by atoms with van der Waals surface area (Å²) in [4.78, 5) is 23.4. The molecule has 72 valence electrons. The van der Waals surface area contributed by atoms with E-state index in [1.54, 1.807) is 4.90 Å². The molecule has 0 aromatic rings.